The van der Waals surface area contributed by atoms with E-state index in [1.54, 1.807) is 35.2 Å². The summed E-state index contributed by atoms with van der Waals surface area (Å²) in [6, 6.07) is 10.2. The summed E-state index contributed by atoms with van der Waals surface area (Å²) >= 11 is 5.91. The van der Waals surface area contributed by atoms with Crippen LogP contribution in [0.15, 0.2) is 47.4 Å². The number of carbonyl (C=O) groups excluding carboxylic acids is 2. The summed E-state index contributed by atoms with van der Waals surface area (Å²) in [5.74, 6) is -0.736. The second-order valence-corrected chi connectivity index (χ2v) is 9.55. The van der Waals surface area contributed by atoms with Crippen LogP contribution >= 0.6 is 11.6 Å². The minimum absolute atomic E-state index is 0.0606. The van der Waals surface area contributed by atoms with Gasteiger partial charge in [0, 0.05) is 30.0 Å². The van der Waals surface area contributed by atoms with Gasteiger partial charge in [0.2, 0.25) is 5.91 Å². The number of pyridine rings is 2. The molecule has 10 heteroatoms. The summed E-state index contributed by atoms with van der Waals surface area (Å²) in [6.07, 6.45) is 1.50. The molecule has 34 heavy (non-hydrogen) atoms. The Hall–Kier alpha value is -3.43. The number of aromatic nitrogens is 2. The number of amides is 2. The molecule has 178 valence electrons. The van der Waals surface area contributed by atoms with Crippen LogP contribution in [0.4, 0.5) is 5.69 Å². The van der Waals surface area contributed by atoms with E-state index in [1.165, 1.54) is 23.9 Å². The summed E-state index contributed by atoms with van der Waals surface area (Å²) < 4.78 is 1.26. The molecule has 0 bridgehead atoms. The van der Waals surface area contributed by atoms with E-state index in [0.29, 0.717) is 34.8 Å². The lowest BCUT2D eigenvalue weighted by Gasteiger charge is -2.45. The maximum absolute atomic E-state index is 13.3. The minimum Gasteiger partial charge on any atom is -0.348 e. The Morgan fingerprint density at radius 3 is 2.53 bits per heavy atom. The number of hydrogen-bond acceptors (Lipinski definition) is 6. The van der Waals surface area contributed by atoms with Crippen LogP contribution in [0, 0.1) is 5.41 Å². The summed E-state index contributed by atoms with van der Waals surface area (Å²) in [6.45, 7) is 5.42. The lowest BCUT2D eigenvalue weighted by atomic mass is 9.84. The number of hydrogen-bond donors (Lipinski definition) is 2. The highest BCUT2D eigenvalue weighted by Crippen LogP contribution is 2.29. The molecule has 2 N–H and O–H groups in total. The van der Waals surface area contributed by atoms with Crippen molar-refractivity contribution < 1.29 is 14.4 Å². The fourth-order valence-electron chi connectivity index (χ4n) is 4.03. The smallest absolute Gasteiger partial charge is 0.265 e. The Labute approximate surface area is 201 Å². The van der Waals surface area contributed by atoms with E-state index < -0.39 is 11.5 Å². The second-order valence-electron chi connectivity index (χ2n) is 9.12. The van der Waals surface area contributed by atoms with Crippen molar-refractivity contribution >= 4 is 40.1 Å². The van der Waals surface area contributed by atoms with Crippen molar-refractivity contribution in [2.24, 2.45) is 5.41 Å². The highest BCUT2D eigenvalue weighted by Gasteiger charge is 2.37. The van der Waals surface area contributed by atoms with Crippen LogP contribution in [0.25, 0.3) is 11.0 Å². The van der Waals surface area contributed by atoms with Gasteiger partial charge in [0.25, 0.3) is 11.5 Å². The molecule has 9 nitrogen and oxygen atoms in total. The van der Waals surface area contributed by atoms with Crippen LogP contribution < -0.4 is 16.4 Å². The van der Waals surface area contributed by atoms with E-state index in [4.69, 9.17) is 16.4 Å². The molecule has 2 amide bonds. The van der Waals surface area contributed by atoms with Gasteiger partial charge in [-0.25, -0.2) is 4.98 Å². The Bertz CT molecular complexity index is 1300. The normalized spacial score (nSPS) is 14.5. The van der Waals surface area contributed by atoms with Crippen LogP contribution in [-0.4, -0.2) is 46.5 Å². The maximum Gasteiger partial charge on any atom is 0.265 e. The van der Waals surface area contributed by atoms with Gasteiger partial charge in [-0.05, 0) is 35.2 Å². The Kier molecular flexibility index (Phi) is 6.58. The average Bonchev–Trinajstić information content (AvgIpc) is 2.78. The molecule has 1 aromatic carbocycles. The zero-order valence-corrected chi connectivity index (χ0v) is 20.0. The Balaban J connectivity index is 1.66. The first kappa shape index (κ1) is 23.7. The molecule has 0 unspecified atom stereocenters. The number of anilines is 1. The average molecular weight is 484 g/mol. The van der Waals surface area contributed by atoms with E-state index >= 15 is 0 Å². The number of fused-ring (bicyclic) bond motifs is 1. The largest absolute Gasteiger partial charge is 0.348 e. The molecule has 0 spiro atoms. The molecule has 1 aliphatic rings. The minimum atomic E-state index is -0.575. The lowest BCUT2D eigenvalue weighted by Crippen LogP contribution is -2.56. The predicted molar refractivity (Wildman–Crippen MR) is 130 cm³/mol. The number of benzene rings is 1. The van der Waals surface area contributed by atoms with Crippen molar-refractivity contribution in [2.75, 3.05) is 25.7 Å². The van der Waals surface area contributed by atoms with Crippen molar-refractivity contribution in [1.29, 1.82) is 0 Å². The topological polar surface area (TPSA) is 106 Å². The number of halogens is 1. The Morgan fingerprint density at radius 1 is 1.18 bits per heavy atom. The third-order valence-corrected chi connectivity index (χ3v) is 5.89. The molecular weight excluding hydrogens is 458 g/mol. The molecule has 0 radical (unpaired) electrons. The van der Waals surface area contributed by atoms with Gasteiger partial charge in [0.05, 0.1) is 19.0 Å². The standard InChI is InChI=1S/C24H26ClN5O4/c1-24(2)13-29(14-24)20(31)12-30-21-16(8-18(11-26-21)28-34-3)9-19(23(30)33)22(32)27-10-15-4-6-17(25)7-5-15/h4-9,11,28H,10,12-14H2,1-3H3,(H,27,32). The molecule has 1 saturated heterocycles. The molecule has 2 aromatic heterocycles. The van der Waals surface area contributed by atoms with Gasteiger partial charge in [0.15, 0.2) is 0 Å². The van der Waals surface area contributed by atoms with Crippen LogP contribution in [0.3, 0.4) is 0 Å². The van der Waals surface area contributed by atoms with Gasteiger partial charge in [0.1, 0.15) is 17.8 Å². The molecule has 3 heterocycles. The SMILES string of the molecule is CONc1cnc2c(c1)cc(C(=O)NCc1ccc(Cl)cc1)c(=O)n2CC(=O)N1CC(C)(C)C1. The zero-order valence-electron chi connectivity index (χ0n) is 19.2. The molecule has 0 atom stereocenters. The number of rotatable bonds is 7. The van der Waals surface area contributed by atoms with Crippen LogP contribution in [0.5, 0.6) is 0 Å². The summed E-state index contributed by atoms with van der Waals surface area (Å²) in [5.41, 5.74) is 3.79. The summed E-state index contributed by atoms with van der Waals surface area (Å²) in [4.78, 5) is 50.1. The number of carbonyl (C=O) groups is 2. The first-order valence-corrected chi connectivity index (χ1v) is 11.2. The van der Waals surface area contributed by atoms with E-state index in [1.807, 2.05) is 0 Å². The van der Waals surface area contributed by atoms with E-state index in [0.717, 1.165) is 5.56 Å². The molecule has 1 aliphatic heterocycles. The first-order valence-electron chi connectivity index (χ1n) is 10.8. The predicted octanol–water partition coefficient (Wildman–Crippen LogP) is 2.82. The first-order chi connectivity index (χ1) is 16.2. The van der Waals surface area contributed by atoms with Crippen LogP contribution in [0.2, 0.25) is 5.02 Å². The summed E-state index contributed by atoms with van der Waals surface area (Å²) in [7, 11) is 1.47. The van der Waals surface area contributed by atoms with Crippen molar-refractivity contribution in [3.05, 3.63) is 69.1 Å². The molecular formula is C24H26ClN5O4. The number of nitrogens with one attached hydrogen (secondary N) is 2. The van der Waals surface area contributed by atoms with Crippen molar-refractivity contribution in [1.82, 2.24) is 19.8 Å². The van der Waals surface area contributed by atoms with Crippen molar-refractivity contribution in [3.63, 3.8) is 0 Å². The van der Waals surface area contributed by atoms with Gasteiger partial charge in [-0.15, -0.1) is 0 Å². The maximum atomic E-state index is 13.3. The zero-order chi connectivity index (χ0) is 24.5. The van der Waals surface area contributed by atoms with Gasteiger partial charge in [-0.3, -0.25) is 29.3 Å². The molecule has 0 aliphatic carbocycles. The lowest BCUT2D eigenvalue weighted by molar-refractivity contribution is -0.142. The molecule has 3 aromatic rings. The van der Waals surface area contributed by atoms with Crippen LogP contribution in [0.1, 0.15) is 29.8 Å². The summed E-state index contributed by atoms with van der Waals surface area (Å²) in [5, 5.41) is 3.88. The number of likely N-dealkylation sites (tertiary alicyclic amines) is 1. The number of nitrogens with zero attached hydrogens (tertiary/aromatic N) is 3. The van der Waals surface area contributed by atoms with Gasteiger partial charge < -0.3 is 10.2 Å². The fourth-order valence-corrected chi connectivity index (χ4v) is 4.15. The van der Waals surface area contributed by atoms with Crippen molar-refractivity contribution in [3.8, 4) is 0 Å². The van der Waals surface area contributed by atoms with E-state index in [9.17, 15) is 14.4 Å². The van der Waals surface area contributed by atoms with Gasteiger partial charge in [-0.1, -0.05) is 37.6 Å². The van der Waals surface area contributed by atoms with Crippen LogP contribution in [-0.2, 0) is 22.7 Å². The molecule has 0 saturated carbocycles. The van der Waals surface area contributed by atoms with Gasteiger partial charge in [-0.2, -0.15) is 0 Å². The van der Waals surface area contributed by atoms with Crippen molar-refractivity contribution in [2.45, 2.75) is 26.9 Å². The highest BCUT2D eigenvalue weighted by molar-refractivity contribution is 6.30. The van der Waals surface area contributed by atoms with E-state index in [2.05, 4.69) is 29.6 Å². The monoisotopic (exact) mass is 483 g/mol. The van der Waals surface area contributed by atoms with Gasteiger partial charge >= 0.3 is 0 Å². The third kappa shape index (κ3) is 5.05. The highest BCUT2D eigenvalue weighted by atomic mass is 35.5. The Morgan fingerprint density at radius 2 is 1.88 bits per heavy atom. The second kappa shape index (κ2) is 9.44. The fraction of sp³-hybridized carbons (Fsp3) is 0.333. The molecule has 1 fully saturated rings. The molecule has 4 rings (SSSR count). The quantitative estimate of drug-likeness (QED) is 0.501. The third-order valence-electron chi connectivity index (χ3n) is 5.64. The van der Waals surface area contributed by atoms with E-state index in [-0.39, 0.29) is 30.0 Å².